The van der Waals surface area contributed by atoms with Gasteiger partial charge in [0.25, 0.3) is 0 Å². The van der Waals surface area contributed by atoms with Crippen LogP contribution < -0.4 is 10.5 Å². The monoisotopic (exact) mass is 252 g/mol. The Morgan fingerprint density at radius 2 is 2.11 bits per heavy atom. The van der Waals surface area contributed by atoms with Crippen molar-refractivity contribution in [2.45, 2.75) is 39.7 Å². The third kappa shape index (κ3) is 4.63. The van der Waals surface area contributed by atoms with Gasteiger partial charge in [0.2, 0.25) is 0 Å². The molecule has 0 amide bonds. The lowest BCUT2D eigenvalue weighted by Crippen LogP contribution is -2.26. The molecule has 1 rings (SSSR count). The van der Waals surface area contributed by atoms with Crippen LogP contribution in [0.4, 0.5) is 0 Å². The third-order valence-corrected chi connectivity index (χ3v) is 2.77. The molecule has 18 heavy (non-hydrogen) atoms. The van der Waals surface area contributed by atoms with Crippen LogP contribution in [0.2, 0.25) is 0 Å². The van der Waals surface area contributed by atoms with Gasteiger partial charge in [-0.3, -0.25) is 4.98 Å². The van der Waals surface area contributed by atoms with E-state index in [-0.39, 0.29) is 6.10 Å². The predicted molar refractivity (Wildman–Crippen MR) is 72.9 cm³/mol. The van der Waals surface area contributed by atoms with Gasteiger partial charge in [-0.1, -0.05) is 6.92 Å². The molecule has 1 aromatic rings. The zero-order valence-electron chi connectivity index (χ0n) is 11.6. The highest BCUT2D eigenvalue weighted by molar-refractivity contribution is 5.29. The van der Waals surface area contributed by atoms with E-state index in [1.807, 2.05) is 26.0 Å². The highest BCUT2D eigenvalue weighted by atomic mass is 16.5. The van der Waals surface area contributed by atoms with E-state index in [2.05, 4.69) is 11.9 Å². The van der Waals surface area contributed by atoms with Crippen molar-refractivity contribution in [1.82, 2.24) is 4.98 Å². The van der Waals surface area contributed by atoms with Crippen molar-refractivity contribution in [2.75, 3.05) is 19.8 Å². The lowest BCUT2D eigenvalue weighted by atomic mass is 10.2. The summed E-state index contributed by atoms with van der Waals surface area (Å²) in [7, 11) is 0. The summed E-state index contributed by atoms with van der Waals surface area (Å²) in [4.78, 5) is 4.46. The molecule has 4 nitrogen and oxygen atoms in total. The average Bonchev–Trinajstić information content (AvgIpc) is 2.39. The molecule has 4 heteroatoms. The molecule has 0 radical (unpaired) electrons. The van der Waals surface area contributed by atoms with Crippen LogP contribution in [-0.2, 0) is 11.2 Å². The fourth-order valence-electron chi connectivity index (χ4n) is 1.79. The molecule has 0 saturated carbocycles. The molecule has 0 bridgehead atoms. The Labute approximate surface area is 110 Å². The Morgan fingerprint density at radius 3 is 2.72 bits per heavy atom. The summed E-state index contributed by atoms with van der Waals surface area (Å²) in [5.74, 6) is 0.871. The van der Waals surface area contributed by atoms with Crippen LogP contribution in [0.1, 0.15) is 31.7 Å². The lowest BCUT2D eigenvalue weighted by molar-refractivity contribution is 0.0525. The van der Waals surface area contributed by atoms with Gasteiger partial charge in [0.15, 0.2) is 0 Å². The van der Waals surface area contributed by atoms with Gasteiger partial charge in [-0.25, -0.2) is 0 Å². The van der Waals surface area contributed by atoms with E-state index >= 15 is 0 Å². The molecule has 1 aromatic heterocycles. The third-order valence-electron chi connectivity index (χ3n) is 2.77. The Morgan fingerprint density at radius 1 is 1.33 bits per heavy atom. The number of rotatable bonds is 8. The van der Waals surface area contributed by atoms with Crippen molar-refractivity contribution in [1.29, 1.82) is 0 Å². The number of hydrogen-bond donors (Lipinski definition) is 1. The zero-order valence-corrected chi connectivity index (χ0v) is 11.6. The van der Waals surface area contributed by atoms with Crippen LogP contribution >= 0.6 is 0 Å². The smallest absolute Gasteiger partial charge is 0.140 e. The van der Waals surface area contributed by atoms with Gasteiger partial charge in [-0.15, -0.1) is 0 Å². The Balaban J connectivity index is 2.47. The molecule has 0 aromatic carbocycles. The van der Waals surface area contributed by atoms with Crippen molar-refractivity contribution in [3.63, 3.8) is 0 Å². The van der Waals surface area contributed by atoms with Gasteiger partial charge in [0.05, 0.1) is 18.4 Å². The van der Waals surface area contributed by atoms with Gasteiger partial charge < -0.3 is 15.2 Å². The normalized spacial score (nSPS) is 12.4. The van der Waals surface area contributed by atoms with Crippen molar-refractivity contribution in [3.8, 4) is 5.75 Å². The topological polar surface area (TPSA) is 57.4 Å². The predicted octanol–water partition coefficient (Wildman–Crippen LogP) is 2.09. The fraction of sp³-hybridized carbons (Fsp3) is 0.643. The fourth-order valence-corrected chi connectivity index (χ4v) is 1.79. The molecular weight excluding hydrogens is 228 g/mol. The summed E-state index contributed by atoms with van der Waals surface area (Å²) in [5.41, 5.74) is 7.65. The van der Waals surface area contributed by atoms with Crippen molar-refractivity contribution in [2.24, 2.45) is 5.73 Å². The molecule has 0 aliphatic carbocycles. The highest BCUT2D eigenvalue weighted by Crippen LogP contribution is 2.17. The van der Waals surface area contributed by atoms with Gasteiger partial charge in [-0.2, -0.15) is 0 Å². The van der Waals surface area contributed by atoms with Gasteiger partial charge in [-0.05, 0) is 32.4 Å². The summed E-state index contributed by atoms with van der Waals surface area (Å²) in [6.07, 6.45) is 1.77. The molecule has 0 fully saturated rings. The second kappa shape index (κ2) is 8.06. The first-order valence-corrected chi connectivity index (χ1v) is 6.62. The van der Waals surface area contributed by atoms with E-state index in [4.69, 9.17) is 15.2 Å². The maximum atomic E-state index is 5.76. The van der Waals surface area contributed by atoms with E-state index < -0.39 is 0 Å². The second-order valence-corrected chi connectivity index (χ2v) is 4.20. The minimum atomic E-state index is 0.0819. The van der Waals surface area contributed by atoms with Crippen molar-refractivity contribution < 1.29 is 9.47 Å². The summed E-state index contributed by atoms with van der Waals surface area (Å²) >= 11 is 0. The van der Waals surface area contributed by atoms with E-state index in [1.165, 1.54) is 0 Å². The lowest BCUT2D eigenvalue weighted by Gasteiger charge is -2.16. The van der Waals surface area contributed by atoms with Crippen LogP contribution in [0.3, 0.4) is 0 Å². The average molecular weight is 252 g/mol. The van der Waals surface area contributed by atoms with Crippen molar-refractivity contribution >= 4 is 0 Å². The van der Waals surface area contributed by atoms with Crippen molar-refractivity contribution in [3.05, 3.63) is 23.5 Å². The van der Waals surface area contributed by atoms with E-state index in [0.717, 1.165) is 30.0 Å². The largest absolute Gasteiger partial charge is 0.492 e. The zero-order chi connectivity index (χ0) is 13.4. The minimum Gasteiger partial charge on any atom is -0.492 e. The molecule has 1 heterocycles. The molecular formula is C14H24N2O2. The van der Waals surface area contributed by atoms with E-state index in [1.54, 1.807) is 0 Å². The molecule has 1 atom stereocenters. The number of pyridine rings is 1. The number of hydrogen-bond acceptors (Lipinski definition) is 4. The SMILES string of the molecule is CCOC(CN)CCOc1ccc(C)nc1CC. The first-order valence-electron chi connectivity index (χ1n) is 6.62. The van der Waals surface area contributed by atoms with Crippen LogP contribution in [0.15, 0.2) is 12.1 Å². The maximum Gasteiger partial charge on any atom is 0.140 e. The molecule has 0 spiro atoms. The molecule has 102 valence electrons. The van der Waals surface area contributed by atoms with Crippen LogP contribution in [0.25, 0.3) is 0 Å². The van der Waals surface area contributed by atoms with Gasteiger partial charge in [0, 0.05) is 25.3 Å². The standard InChI is InChI=1S/C14H24N2O2/c1-4-13-14(7-6-11(3)16-13)18-9-8-12(10-15)17-5-2/h6-7,12H,4-5,8-10,15H2,1-3H3. The first-order chi connectivity index (χ1) is 8.71. The summed E-state index contributed by atoms with van der Waals surface area (Å²) < 4.78 is 11.2. The minimum absolute atomic E-state index is 0.0819. The highest BCUT2D eigenvalue weighted by Gasteiger charge is 2.08. The number of nitrogens with zero attached hydrogens (tertiary/aromatic N) is 1. The molecule has 0 aliphatic rings. The number of nitrogens with two attached hydrogens (primary N) is 1. The first kappa shape index (κ1) is 14.9. The Kier molecular flexibility index (Phi) is 6.68. The number of aromatic nitrogens is 1. The molecule has 0 aliphatic heterocycles. The molecule has 2 N–H and O–H groups in total. The Bertz CT molecular complexity index is 356. The number of ether oxygens (including phenoxy) is 2. The number of aryl methyl sites for hydroxylation is 2. The van der Waals surface area contributed by atoms with Crippen LogP contribution in [0, 0.1) is 6.92 Å². The Hall–Kier alpha value is -1.13. The summed E-state index contributed by atoms with van der Waals surface area (Å²) in [5, 5.41) is 0. The molecule has 0 saturated heterocycles. The quantitative estimate of drug-likeness (QED) is 0.769. The second-order valence-electron chi connectivity index (χ2n) is 4.20. The van der Waals surface area contributed by atoms with Crippen LogP contribution in [-0.4, -0.2) is 30.8 Å². The molecule has 1 unspecified atom stereocenters. The summed E-state index contributed by atoms with van der Waals surface area (Å²) in [6.45, 7) is 7.88. The maximum absolute atomic E-state index is 5.76. The van der Waals surface area contributed by atoms with Gasteiger partial charge in [0.1, 0.15) is 5.75 Å². The van der Waals surface area contributed by atoms with E-state index in [0.29, 0.717) is 19.8 Å². The van der Waals surface area contributed by atoms with Crippen LogP contribution in [0.5, 0.6) is 5.75 Å². The summed E-state index contributed by atoms with van der Waals surface area (Å²) in [6, 6.07) is 3.96. The van der Waals surface area contributed by atoms with Gasteiger partial charge >= 0.3 is 0 Å². The van der Waals surface area contributed by atoms with E-state index in [9.17, 15) is 0 Å².